The second-order valence-electron chi connectivity index (χ2n) is 5.64. The Labute approximate surface area is 111 Å². The van der Waals surface area contributed by atoms with Crippen molar-refractivity contribution in [2.75, 3.05) is 13.1 Å². The summed E-state index contributed by atoms with van der Waals surface area (Å²) in [6, 6.07) is 0.439. The summed E-state index contributed by atoms with van der Waals surface area (Å²) < 4.78 is 0. The minimum Gasteiger partial charge on any atom is -0.335 e. The molecule has 1 rings (SSSR count). The summed E-state index contributed by atoms with van der Waals surface area (Å²) in [4.78, 5) is 14.3. The molecule has 0 spiro atoms. The van der Waals surface area contributed by atoms with Gasteiger partial charge in [-0.15, -0.1) is 0 Å². The van der Waals surface area contributed by atoms with Crippen LogP contribution in [0.5, 0.6) is 0 Å². The molecule has 1 saturated carbocycles. The maximum absolute atomic E-state index is 12.4. The lowest BCUT2D eigenvalue weighted by Crippen LogP contribution is -2.58. The van der Waals surface area contributed by atoms with Crippen molar-refractivity contribution in [3.8, 4) is 0 Å². The van der Waals surface area contributed by atoms with Crippen LogP contribution in [0.15, 0.2) is 0 Å². The highest BCUT2D eigenvalue weighted by molar-refractivity contribution is 5.75. The average molecular weight is 255 g/mol. The molecule has 1 atom stereocenters. The third kappa shape index (κ3) is 3.61. The topological polar surface area (TPSA) is 58.4 Å². The number of hydrogen-bond acceptors (Lipinski definition) is 2. The van der Waals surface area contributed by atoms with E-state index < -0.39 is 0 Å². The highest BCUT2D eigenvalue weighted by Crippen LogP contribution is 2.21. The van der Waals surface area contributed by atoms with Crippen molar-refractivity contribution in [2.45, 2.75) is 70.9 Å². The molecule has 1 unspecified atom stereocenters. The Bertz CT molecular complexity index is 258. The third-order valence-electron chi connectivity index (χ3n) is 4.23. The van der Waals surface area contributed by atoms with Crippen LogP contribution in [0.2, 0.25) is 0 Å². The van der Waals surface area contributed by atoms with Crippen LogP contribution in [-0.2, 0) is 0 Å². The van der Waals surface area contributed by atoms with E-state index in [2.05, 4.69) is 26.1 Å². The molecule has 0 aromatic rings. The second-order valence-corrected chi connectivity index (χ2v) is 5.64. The van der Waals surface area contributed by atoms with Crippen LogP contribution in [0.1, 0.15) is 59.3 Å². The molecule has 2 amide bonds. The summed E-state index contributed by atoms with van der Waals surface area (Å²) >= 11 is 0. The molecule has 0 aromatic carbocycles. The second kappa shape index (κ2) is 6.98. The number of carbonyl (C=O) groups is 1. The molecule has 0 radical (unpaired) electrons. The Morgan fingerprint density at radius 2 is 2.00 bits per heavy atom. The molecule has 0 bridgehead atoms. The molecule has 18 heavy (non-hydrogen) atoms. The molecule has 106 valence electrons. The zero-order valence-electron chi connectivity index (χ0n) is 12.2. The lowest BCUT2D eigenvalue weighted by atomic mass is 9.96. The van der Waals surface area contributed by atoms with Crippen LogP contribution in [0.3, 0.4) is 0 Å². The van der Waals surface area contributed by atoms with Gasteiger partial charge >= 0.3 is 6.03 Å². The van der Waals surface area contributed by atoms with Gasteiger partial charge in [0.05, 0.1) is 5.54 Å². The first-order chi connectivity index (χ1) is 8.57. The smallest absolute Gasteiger partial charge is 0.318 e. The van der Waals surface area contributed by atoms with Crippen molar-refractivity contribution in [1.82, 2.24) is 10.2 Å². The largest absolute Gasteiger partial charge is 0.335 e. The molecular formula is C14H29N3O. The van der Waals surface area contributed by atoms with E-state index in [0.717, 1.165) is 32.2 Å². The fourth-order valence-electron chi connectivity index (χ4n) is 2.61. The molecule has 3 N–H and O–H groups in total. The van der Waals surface area contributed by atoms with Gasteiger partial charge in [0.15, 0.2) is 0 Å². The number of nitrogens with zero attached hydrogens (tertiary/aromatic N) is 1. The van der Waals surface area contributed by atoms with Gasteiger partial charge < -0.3 is 16.0 Å². The molecule has 0 heterocycles. The number of urea groups is 1. The third-order valence-corrected chi connectivity index (χ3v) is 4.23. The van der Waals surface area contributed by atoms with Crippen LogP contribution in [0.4, 0.5) is 4.79 Å². The van der Waals surface area contributed by atoms with Crippen LogP contribution >= 0.6 is 0 Å². The van der Waals surface area contributed by atoms with Gasteiger partial charge in [-0.2, -0.15) is 0 Å². The highest BCUT2D eigenvalue weighted by Gasteiger charge is 2.33. The zero-order valence-corrected chi connectivity index (χ0v) is 12.2. The van der Waals surface area contributed by atoms with Gasteiger partial charge in [-0.25, -0.2) is 4.79 Å². The number of carbonyl (C=O) groups excluding carboxylic acids is 1. The van der Waals surface area contributed by atoms with E-state index in [4.69, 9.17) is 5.73 Å². The maximum atomic E-state index is 12.4. The van der Waals surface area contributed by atoms with E-state index in [0.29, 0.717) is 12.6 Å². The molecular weight excluding hydrogens is 226 g/mol. The van der Waals surface area contributed by atoms with Crippen molar-refractivity contribution < 1.29 is 4.79 Å². The molecule has 1 fully saturated rings. The Morgan fingerprint density at radius 3 is 2.44 bits per heavy atom. The number of hydrogen-bond donors (Lipinski definition) is 2. The number of nitrogens with one attached hydrogen (secondary N) is 1. The van der Waals surface area contributed by atoms with Crippen molar-refractivity contribution in [3.63, 3.8) is 0 Å². The quantitative estimate of drug-likeness (QED) is 0.766. The van der Waals surface area contributed by atoms with Gasteiger partial charge in [-0.1, -0.05) is 26.7 Å². The van der Waals surface area contributed by atoms with Crippen LogP contribution in [-0.4, -0.2) is 35.6 Å². The summed E-state index contributed by atoms with van der Waals surface area (Å²) in [6.45, 7) is 7.57. The van der Waals surface area contributed by atoms with E-state index >= 15 is 0 Å². The van der Waals surface area contributed by atoms with Gasteiger partial charge in [-0.05, 0) is 32.6 Å². The van der Waals surface area contributed by atoms with E-state index in [-0.39, 0.29) is 11.6 Å². The molecule has 0 aliphatic heterocycles. The van der Waals surface area contributed by atoms with E-state index in [1.165, 1.54) is 12.8 Å². The number of amides is 2. The number of nitrogens with two attached hydrogens (primary N) is 1. The van der Waals surface area contributed by atoms with E-state index in [1.807, 2.05) is 4.90 Å². The Balaban J connectivity index is 2.67. The molecule has 0 aromatic heterocycles. The molecule has 1 aliphatic rings. The first kappa shape index (κ1) is 15.3. The normalized spacial score (nSPS) is 19.6. The van der Waals surface area contributed by atoms with E-state index in [9.17, 15) is 4.79 Å². The SMILES string of the molecule is CCCN(C(=O)NC1CCCC1)C(C)(CC)CN. The zero-order chi connectivity index (χ0) is 13.6. The summed E-state index contributed by atoms with van der Waals surface area (Å²) in [6.07, 6.45) is 6.57. The lowest BCUT2D eigenvalue weighted by Gasteiger charge is -2.40. The van der Waals surface area contributed by atoms with Crippen molar-refractivity contribution in [3.05, 3.63) is 0 Å². The van der Waals surface area contributed by atoms with Crippen LogP contribution in [0, 0.1) is 0 Å². The molecule has 4 heteroatoms. The number of rotatable bonds is 6. The summed E-state index contributed by atoms with van der Waals surface area (Å²) in [7, 11) is 0. The first-order valence-electron chi connectivity index (χ1n) is 7.35. The minimum absolute atomic E-state index is 0.0681. The predicted octanol–water partition coefficient (Wildman–Crippen LogP) is 2.48. The van der Waals surface area contributed by atoms with Crippen LogP contribution < -0.4 is 11.1 Å². The van der Waals surface area contributed by atoms with Gasteiger partial charge in [-0.3, -0.25) is 0 Å². The Morgan fingerprint density at radius 1 is 1.39 bits per heavy atom. The van der Waals surface area contributed by atoms with E-state index in [1.54, 1.807) is 0 Å². The molecule has 1 aliphatic carbocycles. The first-order valence-corrected chi connectivity index (χ1v) is 7.35. The fourth-order valence-corrected chi connectivity index (χ4v) is 2.61. The van der Waals surface area contributed by atoms with Gasteiger partial charge in [0.2, 0.25) is 0 Å². The minimum atomic E-state index is -0.224. The van der Waals surface area contributed by atoms with Crippen molar-refractivity contribution in [1.29, 1.82) is 0 Å². The summed E-state index contributed by atoms with van der Waals surface area (Å²) in [5, 5.41) is 3.17. The fraction of sp³-hybridized carbons (Fsp3) is 0.929. The Hall–Kier alpha value is -0.770. The van der Waals surface area contributed by atoms with Crippen molar-refractivity contribution in [2.24, 2.45) is 5.73 Å². The predicted molar refractivity (Wildman–Crippen MR) is 75.5 cm³/mol. The molecule has 4 nitrogen and oxygen atoms in total. The lowest BCUT2D eigenvalue weighted by molar-refractivity contribution is 0.122. The highest BCUT2D eigenvalue weighted by atomic mass is 16.2. The van der Waals surface area contributed by atoms with Crippen LogP contribution in [0.25, 0.3) is 0 Å². The van der Waals surface area contributed by atoms with Gasteiger partial charge in [0.1, 0.15) is 0 Å². The van der Waals surface area contributed by atoms with Gasteiger partial charge in [0.25, 0.3) is 0 Å². The summed E-state index contributed by atoms with van der Waals surface area (Å²) in [5.74, 6) is 0. The summed E-state index contributed by atoms with van der Waals surface area (Å²) in [5.41, 5.74) is 5.65. The monoisotopic (exact) mass is 255 g/mol. The van der Waals surface area contributed by atoms with Crippen molar-refractivity contribution >= 4 is 6.03 Å². The molecule has 0 saturated heterocycles. The van der Waals surface area contributed by atoms with Gasteiger partial charge in [0, 0.05) is 19.1 Å². The maximum Gasteiger partial charge on any atom is 0.318 e. The Kier molecular flexibility index (Phi) is 5.93. The average Bonchev–Trinajstić information content (AvgIpc) is 2.87. The standard InChI is InChI=1S/C14H29N3O/c1-4-10-17(14(3,5-2)11-15)13(18)16-12-8-6-7-9-12/h12H,4-11,15H2,1-3H3,(H,16,18).